The Morgan fingerprint density at radius 2 is 1.86 bits per heavy atom. The highest BCUT2D eigenvalue weighted by Crippen LogP contribution is 2.28. The van der Waals surface area contributed by atoms with Crippen molar-refractivity contribution in [1.82, 2.24) is 5.32 Å². The summed E-state index contributed by atoms with van der Waals surface area (Å²) in [5.41, 5.74) is 5.41. The molecule has 0 aliphatic carbocycles. The van der Waals surface area contributed by atoms with E-state index >= 15 is 0 Å². The van der Waals surface area contributed by atoms with Gasteiger partial charge in [-0.15, -0.1) is 12.4 Å². The van der Waals surface area contributed by atoms with Gasteiger partial charge in [0, 0.05) is 18.2 Å². The van der Waals surface area contributed by atoms with Crippen LogP contribution in [0.2, 0.25) is 0 Å². The molecule has 3 nitrogen and oxygen atoms in total. The first-order valence-electron chi connectivity index (χ1n) is 7.40. The van der Waals surface area contributed by atoms with E-state index in [0.29, 0.717) is 24.8 Å². The van der Waals surface area contributed by atoms with Gasteiger partial charge in [0.1, 0.15) is 11.6 Å². The minimum Gasteiger partial charge on any atom is -0.349 e. The van der Waals surface area contributed by atoms with Gasteiger partial charge in [-0.2, -0.15) is 0 Å². The fourth-order valence-corrected chi connectivity index (χ4v) is 2.45. The third kappa shape index (κ3) is 4.40. The molecule has 0 bridgehead atoms. The van der Waals surface area contributed by atoms with Gasteiger partial charge in [0.2, 0.25) is 5.91 Å². The third-order valence-corrected chi connectivity index (χ3v) is 4.28. The highest BCUT2D eigenvalue weighted by atomic mass is 35.5. The molecular weight excluding hydrogens is 310 g/mol. The predicted octanol–water partition coefficient (Wildman–Crippen LogP) is 3.72. The number of nitrogens with two attached hydrogens (primary N) is 1. The van der Waals surface area contributed by atoms with Crippen LogP contribution in [0.1, 0.15) is 51.6 Å². The molecule has 126 valence electrons. The first kappa shape index (κ1) is 20.8. The number of carbonyl (C=O) groups excluding carboxylic acids is 1. The Labute approximate surface area is 137 Å². The molecule has 1 atom stereocenters. The second kappa shape index (κ2) is 9.06. The molecule has 22 heavy (non-hydrogen) atoms. The zero-order valence-corrected chi connectivity index (χ0v) is 14.1. The summed E-state index contributed by atoms with van der Waals surface area (Å²) in [7, 11) is 0. The summed E-state index contributed by atoms with van der Waals surface area (Å²) in [4.78, 5) is 12.5. The predicted molar refractivity (Wildman–Crippen MR) is 86.9 cm³/mol. The number of carbonyl (C=O) groups is 1. The molecule has 0 aliphatic rings. The fraction of sp³-hybridized carbons (Fsp3) is 0.562. The van der Waals surface area contributed by atoms with Gasteiger partial charge in [-0.05, 0) is 25.3 Å². The lowest BCUT2D eigenvalue weighted by atomic mass is 9.81. The van der Waals surface area contributed by atoms with Crippen molar-refractivity contribution in [3.8, 4) is 0 Å². The first-order chi connectivity index (χ1) is 9.93. The highest BCUT2D eigenvalue weighted by molar-refractivity contribution is 5.85. The van der Waals surface area contributed by atoms with Gasteiger partial charge in [-0.1, -0.05) is 26.8 Å². The van der Waals surface area contributed by atoms with Crippen LogP contribution in [0.3, 0.4) is 0 Å². The molecular formula is C16H25ClF2N2O. The quantitative estimate of drug-likeness (QED) is 0.798. The monoisotopic (exact) mass is 334 g/mol. The van der Waals surface area contributed by atoms with Gasteiger partial charge in [0.05, 0.1) is 11.5 Å². The molecule has 0 fully saturated rings. The molecule has 0 saturated heterocycles. The van der Waals surface area contributed by atoms with Crippen molar-refractivity contribution in [2.75, 3.05) is 6.54 Å². The molecule has 0 spiro atoms. The maximum atomic E-state index is 13.9. The fourth-order valence-electron chi connectivity index (χ4n) is 2.45. The molecule has 1 aromatic carbocycles. The Balaban J connectivity index is 0.00000441. The molecule has 1 unspecified atom stereocenters. The Hall–Kier alpha value is -1.20. The van der Waals surface area contributed by atoms with Crippen LogP contribution in [0.25, 0.3) is 0 Å². The number of halogens is 3. The van der Waals surface area contributed by atoms with Crippen molar-refractivity contribution < 1.29 is 13.6 Å². The van der Waals surface area contributed by atoms with E-state index in [4.69, 9.17) is 5.73 Å². The smallest absolute Gasteiger partial charge is 0.227 e. The van der Waals surface area contributed by atoms with Crippen molar-refractivity contribution in [3.63, 3.8) is 0 Å². The van der Waals surface area contributed by atoms with Crippen molar-refractivity contribution in [2.45, 2.75) is 46.1 Å². The van der Waals surface area contributed by atoms with Crippen LogP contribution in [0.15, 0.2) is 18.2 Å². The average molecular weight is 335 g/mol. The number of hydrogen-bond donors (Lipinski definition) is 2. The molecule has 0 radical (unpaired) electrons. The Kier molecular flexibility index (Phi) is 8.56. The lowest BCUT2D eigenvalue weighted by molar-refractivity contribution is -0.131. The number of benzene rings is 1. The topological polar surface area (TPSA) is 55.1 Å². The van der Waals surface area contributed by atoms with Crippen LogP contribution in [0.4, 0.5) is 8.78 Å². The molecule has 1 amide bonds. The van der Waals surface area contributed by atoms with E-state index in [9.17, 15) is 13.6 Å². The average Bonchev–Trinajstić information content (AvgIpc) is 2.48. The highest BCUT2D eigenvalue weighted by Gasteiger charge is 2.34. The normalized spacial score (nSPS) is 12.5. The minimum absolute atomic E-state index is 0. The summed E-state index contributed by atoms with van der Waals surface area (Å²) in [5.74, 6) is -1.45. The van der Waals surface area contributed by atoms with Crippen LogP contribution in [-0.2, 0) is 4.79 Å². The van der Waals surface area contributed by atoms with Gasteiger partial charge in [0.25, 0.3) is 0 Å². The third-order valence-electron chi connectivity index (χ3n) is 4.28. The van der Waals surface area contributed by atoms with E-state index in [-0.39, 0.29) is 24.9 Å². The Morgan fingerprint density at radius 3 is 2.27 bits per heavy atom. The van der Waals surface area contributed by atoms with Crippen molar-refractivity contribution in [1.29, 1.82) is 0 Å². The molecule has 0 heterocycles. The molecule has 1 rings (SSSR count). The molecule has 0 aromatic heterocycles. The Morgan fingerprint density at radius 1 is 1.27 bits per heavy atom. The van der Waals surface area contributed by atoms with Crippen molar-refractivity contribution >= 4 is 18.3 Å². The van der Waals surface area contributed by atoms with Crippen LogP contribution < -0.4 is 11.1 Å². The van der Waals surface area contributed by atoms with Crippen molar-refractivity contribution in [3.05, 3.63) is 35.4 Å². The zero-order valence-electron chi connectivity index (χ0n) is 13.3. The summed E-state index contributed by atoms with van der Waals surface area (Å²) in [6.07, 6.45) is 1.75. The lowest BCUT2D eigenvalue weighted by Gasteiger charge is -2.31. The first-order valence-corrected chi connectivity index (χ1v) is 7.40. The van der Waals surface area contributed by atoms with Crippen molar-refractivity contribution in [2.24, 2.45) is 11.1 Å². The minimum atomic E-state index is -0.645. The molecule has 0 aliphatic heterocycles. The van der Waals surface area contributed by atoms with E-state index < -0.39 is 23.1 Å². The van der Waals surface area contributed by atoms with Crippen LogP contribution in [0.5, 0.6) is 0 Å². The molecule has 0 saturated carbocycles. The van der Waals surface area contributed by atoms with E-state index in [1.165, 1.54) is 12.1 Å². The maximum absolute atomic E-state index is 13.9. The summed E-state index contributed by atoms with van der Waals surface area (Å²) in [6.45, 7) is 5.91. The van der Waals surface area contributed by atoms with Gasteiger partial charge >= 0.3 is 0 Å². The summed E-state index contributed by atoms with van der Waals surface area (Å²) in [6, 6.07) is 2.92. The summed E-state index contributed by atoms with van der Waals surface area (Å²) >= 11 is 0. The lowest BCUT2D eigenvalue weighted by Crippen LogP contribution is -2.46. The maximum Gasteiger partial charge on any atom is 0.227 e. The largest absolute Gasteiger partial charge is 0.349 e. The molecule has 6 heteroatoms. The number of hydrogen-bond acceptors (Lipinski definition) is 2. The molecule has 1 aromatic rings. The Bertz CT molecular complexity index is 485. The number of nitrogens with one attached hydrogen (secondary N) is 1. The van der Waals surface area contributed by atoms with Crippen LogP contribution in [-0.4, -0.2) is 12.5 Å². The second-order valence-electron chi connectivity index (χ2n) is 5.29. The summed E-state index contributed by atoms with van der Waals surface area (Å²) < 4.78 is 26.9. The summed E-state index contributed by atoms with van der Waals surface area (Å²) in [5, 5.41) is 2.86. The number of rotatable bonds is 7. The standard InChI is InChI=1S/C16H24F2N2O.ClH/c1-4-14(12-8-7-11(17)9-13(12)18)20-15(21)16(5-2,6-3)10-19;/h7-9,14H,4-6,10,19H2,1-3H3,(H,20,21);1H. The van der Waals surface area contributed by atoms with Crippen LogP contribution in [0, 0.1) is 17.0 Å². The zero-order chi connectivity index (χ0) is 16.0. The second-order valence-corrected chi connectivity index (χ2v) is 5.29. The van der Waals surface area contributed by atoms with E-state index in [2.05, 4.69) is 5.32 Å². The van der Waals surface area contributed by atoms with E-state index in [1.54, 1.807) is 0 Å². The van der Waals surface area contributed by atoms with Gasteiger partial charge in [0.15, 0.2) is 0 Å². The number of amides is 1. The van der Waals surface area contributed by atoms with E-state index in [1.807, 2.05) is 20.8 Å². The van der Waals surface area contributed by atoms with Crippen LogP contribution >= 0.6 is 12.4 Å². The van der Waals surface area contributed by atoms with Gasteiger partial charge in [-0.3, -0.25) is 4.79 Å². The van der Waals surface area contributed by atoms with E-state index in [0.717, 1.165) is 6.07 Å². The van der Waals surface area contributed by atoms with Gasteiger partial charge in [-0.25, -0.2) is 8.78 Å². The SMILES string of the molecule is CCC(NC(=O)C(CC)(CC)CN)c1ccc(F)cc1F.Cl. The van der Waals surface area contributed by atoms with Gasteiger partial charge < -0.3 is 11.1 Å². The molecule has 3 N–H and O–H groups in total.